The van der Waals surface area contributed by atoms with Gasteiger partial charge in [0.2, 0.25) is 0 Å². The first-order valence-corrected chi connectivity index (χ1v) is 4.67. The van der Waals surface area contributed by atoms with Crippen molar-refractivity contribution in [1.29, 1.82) is 0 Å². The summed E-state index contributed by atoms with van der Waals surface area (Å²) >= 11 is 0. The molecule has 0 radical (unpaired) electrons. The van der Waals surface area contributed by atoms with E-state index >= 15 is 0 Å². The molecule has 0 unspecified atom stereocenters. The normalized spacial score (nSPS) is 9.56. The third kappa shape index (κ3) is 2.88. The van der Waals surface area contributed by atoms with Crippen molar-refractivity contribution in [3.05, 3.63) is 23.8 Å². The molecule has 0 saturated carbocycles. The summed E-state index contributed by atoms with van der Waals surface area (Å²) in [5.74, 6) is -0.458. The fourth-order valence-electron chi connectivity index (χ4n) is 1.15. The topological polar surface area (TPSA) is 107 Å². The molecular formula is C10H13N3O3. The van der Waals surface area contributed by atoms with Gasteiger partial charge in [0.1, 0.15) is 0 Å². The SMILES string of the molecule is CCOC(=O)c1ccc(NC(N)=O)c(N)c1. The lowest BCUT2D eigenvalue weighted by Gasteiger charge is -2.07. The fourth-order valence-corrected chi connectivity index (χ4v) is 1.15. The predicted octanol–water partition coefficient (Wildman–Crippen LogP) is 0.936. The second-order valence-corrected chi connectivity index (χ2v) is 3.01. The Morgan fingerprint density at radius 1 is 1.44 bits per heavy atom. The molecule has 86 valence electrons. The predicted molar refractivity (Wildman–Crippen MR) is 60.0 cm³/mol. The van der Waals surface area contributed by atoms with Gasteiger partial charge in [0.15, 0.2) is 0 Å². The van der Waals surface area contributed by atoms with Crippen molar-refractivity contribution >= 4 is 23.4 Å². The van der Waals surface area contributed by atoms with Crippen molar-refractivity contribution in [3.8, 4) is 0 Å². The van der Waals surface area contributed by atoms with E-state index in [9.17, 15) is 9.59 Å². The first-order chi connectivity index (χ1) is 7.54. The van der Waals surface area contributed by atoms with Gasteiger partial charge >= 0.3 is 12.0 Å². The second kappa shape index (κ2) is 5.01. The number of carbonyl (C=O) groups is 2. The number of ether oxygens (including phenoxy) is 1. The van der Waals surface area contributed by atoms with E-state index in [1.165, 1.54) is 18.2 Å². The number of nitrogens with one attached hydrogen (secondary N) is 1. The van der Waals surface area contributed by atoms with Crippen LogP contribution in [0.4, 0.5) is 16.2 Å². The molecule has 0 fully saturated rings. The Hall–Kier alpha value is -2.24. The molecule has 1 aromatic rings. The summed E-state index contributed by atoms with van der Waals surface area (Å²) in [6.07, 6.45) is 0. The number of urea groups is 1. The van der Waals surface area contributed by atoms with Gasteiger partial charge in [0.25, 0.3) is 0 Å². The molecule has 16 heavy (non-hydrogen) atoms. The number of carbonyl (C=O) groups excluding carboxylic acids is 2. The number of amides is 2. The zero-order chi connectivity index (χ0) is 12.1. The number of esters is 1. The zero-order valence-corrected chi connectivity index (χ0v) is 8.82. The lowest BCUT2D eigenvalue weighted by atomic mass is 10.2. The highest BCUT2D eigenvalue weighted by Crippen LogP contribution is 2.20. The van der Waals surface area contributed by atoms with E-state index in [2.05, 4.69) is 5.32 Å². The van der Waals surface area contributed by atoms with Crippen molar-refractivity contribution in [1.82, 2.24) is 0 Å². The third-order valence-corrected chi connectivity index (χ3v) is 1.82. The molecule has 1 aromatic carbocycles. The Labute approximate surface area is 92.6 Å². The van der Waals surface area contributed by atoms with Gasteiger partial charge in [-0.25, -0.2) is 9.59 Å². The number of hydrogen-bond donors (Lipinski definition) is 3. The van der Waals surface area contributed by atoms with Gasteiger partial charge in [0.05, 0.1) is 23.5 Å². The molecule has 0 saturated heterocycles. The summed E-state index contributed by atoms with van der Waals surface area (Å²) in [5, 5.41) is 2.33. The van der Waals surface area contributed by atoms with Crippen molar-refractivity contribution in [2.24, 2.45) is 5.73 Å². The van der Waals surface area contributed by atoms with Crippen LogP contribution in [0.15, 0.2) is 18.2 Å². The van der Waals surface area contributed by atoms with Crippen LogP contribution in [0, 0.1) is 0 Å². The molecule has 6 heteroatoms. The second-order valence-electron chi connectivity index (χ2n) is 3.01. The maximum Gasteiger partial charge on any atom is 0.338 e. The molecule has 0 atom stereocenters. The van der Waals surface area contributed by atoms with Crippen molar-refractivity contribution in [2.45, 2.75) is 6.92 Å². The van der Waals surface area contributed by atoms with Gasteiger partial charge in [-0.15, -0.1) is 0 Å². The number of primary amides is 1. The summed E-state index contributed by atoms with van der Waals surface area (Å²) in [6, 6.07) is 3.70. The van der Waals surface area contributed by atoms with Crippen LogP contribution in [0.1, 0.15) is 17.3 Å². The Bertz CT molecular complexity index is 418. The van der Waals surface area contributed by atoms with E-state index in [0.29, 0.717) is 17.9 Å². The van der Waals surface area contributed by atoms with Crippen molar-refractivity contribution in [3.63, 3.8) is 0 Å². The number of nitrogens with two attached hydrogens (primary N) is 2. The number of benzene rings is 1. The van der Waals surface area contributed by atoms with E-state index in [4.69, 9.17) is 16.2 Å². The molecular weight excluding hydrogens is 210 g/mol. The molecule has 5 N–H and O–H groups in total. The van der Waals surface area contributed by atoms with E-state index < -0.39 is 12.0 Å². The molecule has 0 aliphatic rings. The van der Waals surface area contributed by atoms with Crippen LogP contribution in [0.5, 0.6) is 0 Å². The molecule has 0 bridgehead atoms. The summed E-state index contributed by atoms with van der Waals surface area (Å²) in [4.78, 5) is 21.9. The van der Waals surface area contributed by atoms with Gasteiger partial charge in [-0.3, -0.25) is 0 Å². The quantitative estimate of drug-likeness (QED) is 0.523. The van der Waals surface area contributed by atoms with Gasteiger partial charge in [-0.05, 0) is 25.1 Å². The average molecular weight is 223 g/mol. The number of hydrogen-bond acceptors (Lipinski definition) is 4. The Balaban J connectivity index is 2.90. The summed E-state index contributed by atoms with van der Waals surface area (Å²) in [6.45, 7) is 2.00. The van der Waals surface area contributed by atoms with Crippen LogP contribution in [0.3, 0.4) is 0 Å². The van der Waals surface area contributed by atoms with Crippen molar-refractivity contribution < 1.29 is 14.3 Å². The van der Waals surface area contributed by atoms with E-state index in [0.717, 1.165) is 0 Å². The minimum Gasteiger partial charge on any atom is -0.462 e. The molecule has 2 amide bonds. The minimum absolute atomic E-state index is 0.254. The van der Waals surface area contributed by atoms with Crippen LogP contribution in [0.25, 0.3) is 0 Å². The Kier molecular flexibility index (Phi) is 3.71. The molecule has 0 spiro atoms. The largest absolute Gasteiger partial charge is 0.462 e. The molecule has 0 heterocycles. The molecule has 6 nitrogen and oxygen atoms in total. The third-order valence-electron chi connectivity index (χ3n) is 1.82. The maximum atomic E-state index is 11.3. The van der Waals surface area contributed by atoms with Crippen LogP contribution in [0.2, 0.25) is 0 Å². The van der Waals surface area contributed by atoms with E-state index in [-0.39, 0.29) is 5.69 Å². The lowest BCUT2D eigenvalue weighted by Crippen LogP contribution is -2.20. The summed E-state index contributed by atoms with van der Waals surface area (Å²) in [5.41, 5.74) is 11.5. The van der Waals surface area contributed by atoms with Crippen molar-refractivity contribution in [2.75, 3.05) is 17.7 Å². The zero-order valence-electron chi connectivity index (χ0n) is 8.82. The standard InChI is InChI=1S/C10H13N3O3/c1-2-16-9(14)6-3-4-8(7(11)5-6)13-10(12)15/h3-5H,2,11H2,1H3,(H3,12,13,15). The lowest BCUT2D eigenvalue weighted by molar-refractivity contribution is 0.0526. The van der Waals surface area contributed by atoms with Crippen LogP contribution in [-0.2, 0) is 4.74 Å². The van der Waals surface area contributed by atoms with Gasteiger partial charge in [-0.1, -0.05) is 0 Å². The smallest absolute Gasteiger partial charge is 0.338 e. The van der Waals surface area contributed by atoms with Gasteiger partial charge in [-0.2, -0.15) is 0 Å². The Morgan fingerprint density at radius 3 is 2.62 bits per heavy atom. The molecule has 0 aliphatic carbocycles. The number of nitrogen functional groups attached to an aromatic ring is 1. The fraction of sp³-hybridized carbons (Fsp3) is 0.200. The van der Waals surface area contributed by atoms with Gasteiger partial charge < -0.3 is 21.5 Å². The monoisotopic (exact) mass is 223 g/mol. The number of rotatable bonds is 3. The molecule has 0 aliphatic heterocycles. The highest BCUT2D eigenvalue weighted by molar-refractivity contribution is 5.95. The summed E-state index contributed by atoms with van der Waals surface area (Å²) < 4.78 is 4.80. The summed E-state index contributed by atoms with van der Waals surface area (Å²) in [7, 11) is 0. The highest BCUT2D eigenvalue weighted by Gasteiger charge is 2.09. The number of anilines is 2. The maximum absolute atomic E-state index is 11.3. The highest BCUT2D eigenvalue weighted by atomic mass is 16.5. The Morgan fingerprint density at radius 2 is 2.12 bits per heavy atom. The van der Waals surface area contributed by atoms with Crippen LogP contribution >= 0.6 is 0 Å². The van der Waals surface area contributed by atoms with Crippen LogP contribution in [-0.4, -0.2) is 18.6 Å². The minimum atomic E-state index is -0.712. The molecule has 1 rings (SSSR count). The van der Waals surface area contributed by atoms with E-state index in [1.54, 1.807) is 6.92 Å². The average Bonchev–Trinajstić information content (AvgIpc) is 2.20. The molecule has 0 aromatic heterocycles. The van der Waals surface area contributed by atoms with E-state index in [1.807, 2.05) is 0 Å². The van der Waals surface area contributed by atoms with Gasteiger partial charge in [0, 0.05) is 0 Å². The van der Waals surface area contributed by atoms with Crippen LogP contribution < -0.4 is 16.8 Å². The first kappa shape index (κ1) is 11.8. The first-order valence-electron chi connectivity index (χ1n) is 4.67.